The normalized spacial score (nSPS) is 11.5. The molecule has 0 saturated heterocycles. The van der Waals surface area contributed by atoms with E-state index in [1.165, 1.54) is 0 Å². The van der Waals surface area contributed by atoms with Gasteiger partial charge in [-0.1, -0.05) is 43.5 Å². The van der Waals surface area contributed by atoms with Gasteiger partial charge in [0.2, 0.25) is 0 Å². The highest BCUT2D eigenvalue weighted by Gasteiger charge is 2.15. The second kappa shape index (κ2) is 6.84. The molecule has 3 aromatic heterocycles. The van der Waals surface area contributed by atoms with Crippen molar-refractivity contribution in [2.45, 2.75) is 32.7 Å². The van der Waals surface area contributed by atoms with Crippen LogP contribution in [0.25, 0.3) is 27.9 Å². The average molecular weight is 369 g/mol. The van der Waals surface area contributed by atoms with Crippen molar-refractivity contribution >= 4 is 28.4 Å². The maximum Gasteiger partial charge on any atom is 0.283 e. The lowest BCUT2D eigenvalue weighted by Crippen LogP contribution is -2.23. The number of benzene rings is 1. The molecule has 0 spiro atoms. The molecule has 0 radical (unpaired) electrons. The molecular formula is C18H17ClN6O. The van der Waals surface area contributed by atoms with Crippen LogP contribution in [-0.2, 0) is 6.54 Å². The summed E-state index contributed by atoms with van der Waals surface area (Å²) in [5, 5.41) is 13.4. The Morgan fingerprint density at radius 1 is 1.08 bits per heavy atom. The molecule has 0 atom stereocenters. The first-order chi connectivity index (χ1) is 12.7. The lowest BCUT2D eigenvalue weighted by molar-refractivity contribution is 0.582. The van der Waals surface area contributed by atoms with Crippen LogP contribution in [0, 0.1) is 0 Å². The third-order valence-corrected chi connectivity index (χ3v) is 4.59. The van der Waals surface area contributed by atoms with Crippen LogP contribution >= 0.6 is 11.6 Å². The smallest absolute Gasteiger partial charge is 0.283 e. The minimum Gasteiger partial charge on any atom is -0.297 e. The van der Waals surface area contributed by atoms with E-state index in [4.69, 9.17) is 11.6 Å². The summed E-state index contributed by atoms with van der Waals surface area (Å²) in [6.07, 6.45) is 6.35. The molecule has 4 aromatic rings. The second-order valence-corrected chi connectivity index (χ2v) is 6.56. The van der Waals surface area contributed by atoms with E-state index in [-0.39, 0.29) is 11.1 Å². The van der Waals surface area contributed by atoms with Crippen molar-refractivity contribution < 1.29 is 0 Å². The predicted octanol–water partition coefficient (Wildman–Crippen LogP) is 3.34. The number of aromatic nitrogens is 6. The van der Waals surface area contributed by atoms with Gasteiger partial charge in [0, 0.05) is 17.1 Å². The predicted molar refractivity (Wildman–Crippen MR) is 100 cm³/mol. The molecule has 0 bridgehead atoms. The number of aryl methyl sites for hydroxylation is 1. The molecule has 8 heteroatoms. The third-order valence-electron chi connectivity index (χ3n) is 4.34. The quantitative estimate of drug-likeness (QED) is 0.505. The number of rotatable bonds is 5. The molecule has 4 rings (SSSR count). The molecule has 132 valence electrons. The van der Waals surface area contributed by atoms with E-state index in [1.54, 1.807) is 21.6 Å². The first-order valence-electron chi connectivity index (χ1n) is 8.54. The fourth-order valence-electron chi connectivity index (χ4n) is 2.93. The molecule has 0 N–H and O–H groups in total. The Bertz CT molecular complexity index is 1130. The van der Waals surface area contributed by atoms with Gasteiger partial charge in [0.15, 0.2) is 16.8 Å². The van der Waals surface area contributed by atoms with Crippen molar-refractivity contribution in [2.24, 2.45) is 0 Å². The van der Waals surface area contributed by atoms with Crippen molar-refractivity contribution in [1.82, 2.24) is 29.4 Å². The summed E-state index contributed by atoms with van der Waals surface area (Å²) >= 11 is 5.95. The number of hydrogen-bond acceptors (Lipinski definition) is 5. The van der Waals surface area contributed by atoms with E-state index in [0.29, 0.717) is 22.9 Å². The van der Waals surface area contributed by atoms with Crippen molar-refractivity contribution in [2.75, 3.05) is 0 Å². The monoisotopic (exact) mass is 368 g/mol. The Morgan fingerprint density at radius 2 is 1.88 bits per heavy atom. The van der Waals surface area contributed by atoms with Crippen LogP contribution in [0.15, 0.2) is 41.6 Å². The molecule has 3 heterocycles. The van der Waals surface area contributed by atoms with E-state index in [2.05, 4.69) is 27.2 Å². The molecule has 26 heavy (non-hydrogen) atoms. The number of nitrogens with zero attached hydrogens (tertiary/aromatic N) is 6. The topological polar surface area (TPSA) is 78.0 Å². The number of fused-ring (bicyclic) bond motifs is 3. The summed E-state index contributed by atoms with van der Waals surface area (Å²) in [6.45, 7) is 2.75. The number of unbranched alkanes of at least 4 members (excludes halogenated alkanes) is 2. The van der Waals surface area contributed by atoms with Crippen LogP contribution in [0.2, 0.25) is 5.02 Å². The van der Waals surface area contributed by atoms with Gasteiger partial charge in [-0.3, -0.25) is 9.36 Å². The first-order valence-corrected chi connectivity index (χ1v) is 8.92. The summed E-state index contributed by atoms with van der Waals surface area (Å²) in [7, 11) is 0. The third kappa shape index (κ3) is 2.84. The molecule has 0 unspecified atom stereocenters. The van der Waals surface area contributed by atoms with Gasteiger partial charge in [0.25, 0.3) is 5.56 Å². The Morgan fingerprint density at radius 3 is 2.65 bits per heavy atom. The molecule has 0 saturated carbocycles. The number of hydrogen-bond donors (Lipinski definition) is 0. The zero-order chi connectivity index (χ0) is 18.1. The van der Waals surface area contributed by atoms with Gasteiger partial charge < -0.3 is 0 Å². The maximum atomic E-state index is 12.6. The van der Waals surface area contributed by atoms with Gasteiger partial charge in [0.1, 0.15) is 6.33 Å². The van der Waals surface area contributed by atoms with E-state index < -0.39 is 0 Å². The van der Waals surface area contributed by atoms with Gasteiger partial charge in [-0.05, 0) is 24.1 Å². The number of halogens is 1. The maximum absolute atomic E-state index is 12.6. The lowest BCUT2D eigenvalue weighted by Gasteiger charge is -2.06. The fourth-order valence-corrected chi connectivity index (χ4v) is 3.05. The highest BCUT2D eigenvalue weighted by Crippen LogP contribution is 2.25. The van der Waals surface area contributed by atoms with Crippen molar-refractivity contribution in [1.29, 1.82) is 0 Å². The largest absolute Gasteiger partial charge is 0.297 e. The van der Waals surface area contributed by atoms with Crippen LogP contribution in [0.4, 0.5) is 0 Å². The summed E-state index contributed by atoms with van der Waals surface area (Å²) in [4.78, 5) is 17.1. The first kappa shape index (κ1) is 16.7. The van der Waals surface area contributed by atoms with E-state index in [9.17, 15) is 4.79 Å². The average Bonchev–Trinajstić information content (AvgIpc) is 3.09. The Labute approximate surface area is 154 Å². The molecule has 0 amide bonds. The minimum absolute atomic E-state index is 0.191. The zero-order valence-corrected chi connectivity index (χ0v) is 15.0. The van der Waals surface area contributed by atoms with Gasteiger partial charge in [-0.15, -0.1) is 10.2 Å². The van der Waals surface area contributed by atoms with Gasteiger partial charge in [-0.2, -0.15) is 9.61 Å². The minimum atomic E-state index is -0.191. The summed E-state index contributed by atoms with van der Waals surface area (Å²) in [6, 6.07) is 7.40. The van der Waals surface area contributed by atoms with Crippen molar-refractivity contribution in [3.8, 4) is 11.1 Å². The molecule has 1 aromatic carbocycles. The van der Waals surface area contributed by atoms with Gasteiger partial charge in [0.05, 0.1) is 6.20 Å². The highest BCUT2D eigenvalue weighted by molar-refractivity contribution is 6.30. The van der Waals surface area contributed by atoms with Crippen LogP contribution in [0.3, 0.4) is 0 Å². The summed E-state index contributed by atoms with van der Waals surface area (Å²) in [5.74, 6) is 0. The lowest BCUT2D eigenvalue weighted by atomic mass is 10.1. The molecule has 0 aliphatic heterocycles. The molecular weight excluding hydrogens is 352 g/mol. The van der Waals surface area contributed by atoms with Gasteiger partial charge in [-0.25, -0.2) is 4.98 Å². The Kier molecular flexibility index (Phi) is 4.38. The molecule has 7 nitrogen and oxygen atoms in total. The Balaban J connectivity index is 1.82. The van der Waals surface area contributed by atoms with E-state index in [1.807, 2.05) is 24.3 Å². The SMILES string of the molecule is CCCCCn1cnc2c(nnc3c(-c4ccc(Cl)cc4)cnn32)c1=O. The molecule has 0 aliphatic carbocycles. The zero-order valence-electron chi connectivity index (χ0n) is 14.3. The van der Waals surface area contributed by atoms with Crippen molar-refractivity contribution in [3.05, 3.63) is 52.2 Å². The van der Waals surface area contributed by atoms with Crippen LogP contribution in [-0.4, -0.2) is 29.4 Å². The standard InChI is InChI=1S/C18H17ClN6O/c1-2-3-4-9-24-11-20-17-15(18(24)26)22-23-16-14(10-21-25(16)17)12-5-7-13(19)8-6-12/h5-8,10-11H,2-4,9H2,1H3. The summed E-state index contributed by atoms with van der Waals surface area (Å²) < 4.78 is 3.15. The second-order valence-electron chi connectivity index (χ2n) is 6.12. The molecule has 0 aliphatic rings. The van der Waals surface area contributed by atoms with E-state index >= 15 is 0 Å². The van der Waals surface area contributed by atoms with Crippen LogP contribution < -0.4 is 5.56 Å². The Hall–Kier alpha value is -2.80. The van der Waals surface area contributed by atoms with Crippen molar-refractivity contribution in [3.63, 3.8) is 0 Å². The van der Waals surface area contributed by atoms with Crippen LogP contribution in [0.1, 0.15) is 26.2 Å². The van der Waals surface area contributed by atoms with Crippen LogP contribution in [0.5, 0.6) is 0 Å². The fraction of sp³-hybridized carbons (Fsp3) is 0.278. The summed E-state index contributed by atoms with van der Waals surface area (Å²) in [5.41, 5.74) is 2.73. The highest BCUT2D eigenvalue weighted by atomic mass is 35.5. The van der Waals surface area contributed by atoms with E-state index in [0.717, 1.165) is 30.4 Å². The van der Waals surface area contributed by atoms with Gasteiger partial charge >= 0.3 is 0 Å². The molecule has 0 fully saturated rings.